The van der Waals surface area contributed by atoms with Crippen molar-refractivity contribution in [2.45, 2.75) is 24.8 Å². The Labute approximate surface area is 181 Å². The average molecular weight is 501 g/mol. The van der Waals surface area contributed by atoms with Gasteiger partial charge in [-0.2, -0.15) is 0 Å². The number of nitrogens with one attached hydrogen (secondary N) is 2. The van der Waals surface area contributed by atoms with Crippen molar-refractivity contribution in [3.8, 4) is 0 Å². The zero-order chi connectivity index (χ0) is 19.1. The molecule has 1 aliphatic heterocycles. The van der Waals surface area contributed by atoms with Gasteiger partial charge in [0.25, 0.3) is 0 Å². The number of aliphatic imine (C=N–C) groups is 1. The molecule has 2 aromatic rings. The van der Waals surface area contributed by atoms with Crippen molar-refractivity contribution in [3.63, 3.8) is 0 Å². The van der Waals surface area contributed by atoms with E-state index in [0.29, 0.717) is 32.3 Å². The molecule has 3 rings (SSSR count). The molecule has 2 aromatic carbocycles. The Morgan fingerprint density at radius 3 is 2.39 bits per heavy atom. The summed E-state index contributed by atoms with van der Waals surface area (Å²) in [6, 6.07) is 13.2. The first-order chi connectivity index (χ1) is 13.1. The first kappa shape index (κ1) is 22.5. The second kappa shape index (κ2) is 10.7. The normalized spacial score (nSPS) is 16.2. The average Bonchev–Trinajstić information content (AvgIpc) is 2.70. The van der Waals surface area contributed by atoms with E-state index in [9.17, 15) is 8.78 Å². The smallest absolute Gasteiger partial charge is 0.191 e. The van der Waals surface area contributed by atoms with Gasteiger partial charge in [0.15, 0.2) is 5.96 Å². The molecule has 0 spiro atoms. The number of rotatable bonds is 5. The van der Waals surface area contributed by atoms with Gasteiger partial charge in [-0.25, -0.2) is 8.78 Å². The molecule has 0 atom stereocenters. The predicted molar refractivity (Wildman–Crippen MR) is 118 cm³/mol. The van der Waals surface area contributed by atoms with Crippen LogP contribution in [0, 0.1) is 11.6 Å². The minimum Gasteiger partial charge on any atom is -0.381 e. The molecule has 0 unspecified atom stereocenters. The molecule has 0 amide bonds. The predicted octanol–water partition coefficient (Wildman–Crippen LogP) is 4.00. The molecule has 0 aromatic heterocycles. The quantitative estimate of drug-likeness (QED) is 0.370. The van der Waals surface area contributed by atoms with Crippen LogP contribution in [0.5, 0.6) is 0 Å². The van der Waals surface area contributed by atoms with Crippen LogP contribution in [0.3, 0.4) is 0 Å². The van der Waals surface area contributed by atoms with Crippen LogP contribution < -0.4 is 10.6 Å². The van der Waals surface area contributed by atoms with E-state index in [1.807, 2.05) is 6.07 Å². The first-order valence-electron chi connectivity index (χ1n) is 9.14. The summed E-state index contributed by atoms with van der Waals surface area (Å²) in [5.74, 6) is 0.177. The lowest BCUT2D eigenvalue weighted by Crippen LogP contribution is -2.48. The van der Waals surface area contributed by atoms with Gasteiger partial charge in [-0.15, -0.1) is 24.0 Å². The van der Waals surface area contributed by atoms with E-state index in [1.54, 1.807) is 31.3 Å². The fourth-order valence-corrected chi connectivity index (χ4v) is 3.41. The molecular formula is C21H26F2IN3O. The van der Waals surface area contributed by atoms with Crippen LogP contribution in [-0.4, -0.2) is 32.8 Å². The zero-order valence-electron chi connectivity index (χ0n) is 15.9. The first-order valence-corrected chi connectivity index (χ1v) is 9.14. The van der Waals surface area contributed by atoms with E-state index in [-0.39, 0.29) is 41.0 Å². The van der Waals surface area contributed by atoms with Crippen molar-refractivity contribution in [1.82, 2.24) is 10.6 Å². The lowest BCUT2D eigenvalue weighted by atomic mass is 9.74. The summed E-state index contributed by atoms with van der Waals surface area (Å²) in [4.78, 5) is 4.26. The Hall–Kier alpha value is -1.74. The van der Waals surface area contributed by atoms with Crippen molar-refractivity contribution in [2.24, 2.45) is 4.99 Å². The third-order valence-corrected chi connectivity index (χ3v) is 5.08. The molecule has 2 N–H and O–H groups in total. The molecule has 7 heteroatoms. The highest BCUT2D eigenvalue weighted by Crippen LogP contribution is 2.34. The third kappa shape index (κ3) is 5.88. The molecule has 0 saturated carbocycles. The standard InChI is InChI=1S/C21H25F2N3O.HI/c1-24-20(25-14-16-5-7-18(22)8-6-16)26-15-21(9-11-27-12-10-21)17-3-2-4-19(23)13-17;/h2-8,13H,9-12,14-15H2,1H3,(H2,24,25,26);1H. The Bertz CT molecular complexity index is 777. The van der Waals surface area contributed by atoms with Crippen LogP contribution in [0.4, 0.5) is 8.78 Å². The van der Waals surface area contributed by atoms with Gasteiger partial charge in [-0.05, 0) is 48.2 Å². The Balaban J connectivity index is 0.00000280. The molecule has 152 valence electrons. The van der Waals surface area contributed by atoms with Gasteiger partial charge in [0, 0.05) is 38.8 Å². The fourth-order valence-electron chi connectivity index (χ4n) is 3.41. The van der Waals surface area contributed by atoms with Gasteiger partial charge in [0.2, 0.25) is 0 Å². The van der Waals surface area contributed by atoms with Gasteiger partial charge in [-0.1, -0.05) is 24.3 Å². The molecule has 28 heavy (non-hydrogen) atoms. The highest BCUT2D eigenvalue weighted by Gasteiger charge is 2.34. The summed E-state index contributed by atoms with van der Waals surface area (Å²) in [5.41, 5.74) is 1.74. The largest absolute Gasteiger partial charge is 0.381 e. The monoisotopic (exact) mass is 501 g/mol. The summed E-state index contributed by atoms with van der Waals surface area (Å²) in [5, 5.41) is 6.60. The molecule has 0 bridgehead atoms. The highest BCUT2D eigenvalue weighted by molar-refractivity contribution is 14.0. The third-order valence-electron chi connectivity index (χ3n) is 5.08. The number of guanidine groups is 1. The summed E-state index contributed by atoms with van der Waals surface area (Å²) >= 11 is 0. The van der Waals surface area contributed by atoms with Crippen molar-refractivity contribution >= 4 is 29.9 Å². The van der Waals surface area contributed by atoms with Crippen LogP contribution in [0.15, 0.2) is 53.5 Å². The molecule has 0 radical (unpaired) electrons. The van der Waals surface area contributed by atoms with Gasteiger partial charge >= 0.3 is 0 Å². The van der Waals surface area contributed by atoms with Gasteiger partial charge in [-0.3, -0.25) is 4.99 Å². The lowest BCUT2D eigenvalue weighted by Gasteiger charge is -2.38. The van der Waals surface area contributed by atoms with Crippen LogP contribution in [0.2, 0.25) is 0 Å². The van der Waals surface area contributed by atoms with Crippen LogP contribution >= 0.6 is 24.0 Å². The lowest BCUT2D eigenvalue weighted by molar-refractivity contribution is 0.0513. The fraction of sp³-hybridized carbons (Fsp3) is 0.381. The van der Waals surface area contributed by atoms with Crippen molar-refractivity contribution < 1.29 is 13.5 Å². The van der Waals surface area contributed by atoms with E-state index < -0.39 is 0 Å². The zero-order valence-corrected chi connectivity index (χ0v) is 18.2. The van der Waals surface area contributed by atoms with E-state index >= 15 is 0 Å². The van der Waals surface area contributed by atoms with Crippen LogP contribution in [0.25, 0.3) is 0 Å². The summed E-state index contributed by atoms with van der Waals surface area (Å²) in [7, 11) is 1.71. The maximum absolute atomic E-state index is 13.8. The Morgan fingerprint density at radius 1 is 1.04 bits per heavy atom. The van der Waals surface area contributed by atoms with Crippen molar-refractivity contribution in [1.29, 1.82) is 0 Å². The minimum atomic E-state index is -0.252. The van der Waals surface area contributed by atoms with Gasteiger partial charge in [0.05, 0.1) is 0 Å². The maximum atomic E-state index is 13.8. The maximum Gasteiger partial charge on any atom is 0.191 e. The molecule has 1 fully saturated rings. The number of hydrogen-bond donors (Lipinski definition) is 2. The van der Waals surface area contributed by atoms with Crippen molar-refractivity contribution in [2.75, 3.05) is 26.8 Å². The number of hydrogen-bond acceptors (Lipinski definition) is 2. The van der Waals surface area contributed by atoms with E-state index in [2.05, 4.69) is 15.6 Å². The molecule has 1 aliphatic rings. The molecule has 0 aliphatic carbocycles. The highest BCUT2D eigenvalue weighted by atomic mass is 127. The van der Waals surface area contributed by atoms with Crippen molar-refractivity contribution in [3.05, 3.63) is 71.3 Å². The molecule has 1 heterocycles. The number of halogens is 3. The SMILES string of the molecule is CN=C(NCc1ccc(F)cc1)NCC1(c2cccc(F)c2)CCOCC1.I. The number of benzene rings is 2. The minimum absolute atomic E-state index is 0. The van der Waals surface area contributed by atoms with Gasteiger partial charge in [0.1, 0.15) is 11.6 Å². The van der Waals surface area contributed by atoms with E-state index in [1.165, 1.54) is 18.2 Å². The molecule has 4 nitrogen and oxygen atoms in total. The molecule has 1 saturated heterocycles. The Morgan fingerprint density at radius 2 is 1.75 bits per heavy atom. The second-order valence-electron chi connectivity index (χ2n) is 6.81. The van der Waals surface area contributed by atoms with Crippen LogP contribution in [0.1, 0.15) is 24.0 Å². The summed E-state index contributed by atoms with van der Waals surface area (Å²) in [6.07, 6.45) is 1.64. The summed E-state index contributed by atoms with van der Waals surface area (Å²) in [6.45, 7) is 2.47. The second-order valence-corrected chi connectivity index (χ2v) is 6.81. The number of ether oxygens (including phenoxy) is 1. The Kier molecular flexibility index (Phi) is 8.62. The van der Waals surface area contributed by atoms with Crippen LogP contribution in [-0.2, 0) is 16.7 Å². The van der Waals surface area contributed by atoms with E-state index in [4.69, 9.17) is 4.74 Å². The van der Waals surface area contributed by atoms with E-state index in [0.717, 1.165) is 24.0 Å². The number of nitrogens with zero attached hydrogens (tertiary/aromatic N) is 1. The topological polar surface area (TPSA) is 45.7 Å². The molecular weight excluding hydrogens is 475 g/mol. The summed E-state index contributed by atoms with van der Waals surface area (Å²) < 4.78 is 32.3. The van der Waals surface area contributed by atoms with Gasteiger partial charge < -0.3 is 15.4 Å².